The Bertz CT molecular complexity index is 441. The maximum absolute atomic E-state index is 6.07. The van der Waals surface area contributed by atoms with E-state index in [1.54, 1.807) is 7.11 Å². The summed E-state index contributed by atoms with van der Waals surface area (Å²) in [4.78, 5) is 0. The van der Waals surface area contributed by atoms with Gasteiger partial charge in [0.1, 0.15) is 18.1 Å². The van der Waals surface area contributed by atoms with Crippen molar-refractivity contribution in [1.82, 2.24) is 0 Å². The monoisotopic (exact) mass is 360 g/mol. The Morgan fingerprint density at radius 3 is 2.30 bits per heavy atom. The van der Waals surface area contributed by atoms with Gasteiger partial charge >= 0.3 is 0 Å². The molecule has 0 unspecified atom stereocenters. The van der Waals surface area contributed by atoms with Gasteiger partial charge in [0.2, 0.25) is 0 Å². The highest BCUT2D eigenvalue weighted by Gasteiger charge is 2.36. The first-order valence-corrected chi connectivity index (χ1v) is 10.5. The van der Waals surface area contributed by atoms with Crippen molar-refractivity contribution in [2.75, 3.05) is 20.3 Å². The maximum Gasteiger partial charge on any atom is 0.192 e. The van der Waals surface area contributed by atoms with Crippen molar-refractivity contribution >= 4 is 24.2 Å². The molecule has 0 saturated carbocycles. The number of hydrogen-bond donors (Lipinski definition) is 0. The van der Waals surface area contributed by atoms with Crippen LogP contribution in [0, 0.1) is 0 Å². The van der Waals surface area contributed by atoms with Crippen molar-refractivity contribution in [3.05, 3.63) is 22.7 Å². The molecule has 0 heterocycles. The molecule has 3 nitrogen and oxygen atoms in total. The van der Waals surface area contributed by atoms with Gasteiger partial charge in [-0.3, -0.25) is 0 Å². The van der Waals surface area contributed by atoms with E-state index in [0.717, 1.165) is 16.0 Å². The highest BCUT2D eigenvalue weighted by Crippen LogP contribution is 2.36. The highest BCUT2D eigenvalue weighted by atomic mass is 79.9. The normalized spacial score (nSPS) is 12.3. The summed E-state index contributed by atoms with van der Waals surface area (Å²) in [5.41, 5.74) is 0. The lowest BCUT2D eigenvalue weighted by atomic mass is 10.2. The summed E-state index contributed by atoms with van der Waals surface area (Å²) in [6.45, 7) is 12.4. The molecule has 0 bridgehead atoms. The largest absolute Gasteiger partial charge is 0.497 e. The van der Waals surface area contributed by atoms with E-state index in [1.165, 1.54) is 0 Å². The van der Waals surface area contributed by atoms with Crippen LogP contribution in [0.1, 0.15) is 20.8 Å². The fraction of sp³-hybridized carbons (Fsp3) is 0.600. The average molecular weight is 361 g/mol. The molecule has 114 valence electrons. The molecule has 1 aromatic carbocycles. The van der Waals surface area contributed by atoms with E-state index in [-0.39, 0.29) is 5.04 Å². The van der Waals surface area contributed by atoms with Gasteiger partial charge in [-0.2, -0.15) is 0 Å². The van der Waals surface area contributed by atoms with Crippen molar-refractivity contribution in [3.63, 3.8) is 0 Å². The zero-order chi connectivity index (χ0) is 15.4. The van der Waals surface area contributed by atoms with Crippen molar-refractivity contribution < 1.29 is 13.9 Å². The molecular weight excluding hydrogens is 336 g/mol. The number of methoxy groups -OCH3 is 1. The molecule has 0 aliphatic rings. The molecule has 1 rings (SSSR count). The van der Waals surface area contributed by atoms with Crippen LogP contribution in [0.15, 0.2) is 22.7 Å². The first-order chi connectivity index (χ1) is 9.17. The number of rotatable bonds is 6. The summed E-state index contributed by atoms with van der Waals surface area (Å²) in [6.07, 6.45) is 0. The number of ether oxygens (including phenoxy) is 2. The zero-order valence-electron chi connectivity index (χ0n) is 13.2. The van der Waals surface area contributed by atoms with Crippen LogP contribution in [-0.4, -0.2) is 28.6 Å². The maximum atomic E-state index is 6.07. The lowest BCUT2D eigenvalue weighted by Gasteiger charge is -2.36. The molecule has 1 aromatic rings. The SMILES string of the molecule is COc1ccc(OCCO[Si](C)(C)C(C)(C)C)c(Br)c1. The molecule has 20 heavy (non-hydrogen) atoms. The van der Waals surface area contributed by atoms with Gasteiger partial charge in [-0.1, -0.05) is 20.8 Å². The standard InChI is InChI=1S/C15H25BrO3Si/c1-15(2,3)20(5,6)19-10-9-18-14-8-7-12(17-4)11-13(14)16/h7-8,11H,9-10H2,1-6H3. The van der Waals surface area contributed by atoms with Crippen LogP contribution in [-0.2, 0) is 4.43 Å². The molecule has 0 atom stereocenters. The van der Waals surface area contributed by atoms with Crippen molar-refractivity contribution in [2.24, 2.45) is 0 Å². The molecule has 0 saturated heterocycles. The summed E-state index contributed by atoms with van der Waals surface area (Å²) in [5, 5.41) is 0.230. The Balaban J connectivity index is 2.46. The van der Waals surface area contributed by atoms with Crippen LogP contribution in [0.25, 0.3) is 0 Å². The smallest absolute Gasteiger partial charge is 0.192 e. The number of halogens is 1. The van der Waals surface area contributed by atoms with Gasteiger partial charge in [-0.15, -0.1) is 0 Å². The van der Waals surface area contributed by atoms with Crippen LogP contribution < -0.4 is 9.47 Å². The molecule has 5 heteroatoms. The van der Waals surface area contributed by atoms with Gasteiger partial charge in [0.15, 0.2) is 8.32 Å². The first kappa shape index (κ1) is 17.5. The molecule has 0 aliphatic carbocycles. The van der Waals surface area contributed by atoms with Gasteiger partial charge in [-0.05, 0) is 52.3 Å². The molecule has 0 fully saturated rings. The van der Waals surface area contributed by atoms with Gasteiger partial charge in [-0.25, -0.2) is 0 Å². The fourth-order valence-corrected chi connectivity index (χ4v) is 2.89. The molecule has 0 spiro atoms. The van der Waals surface area contributed by atoms with Crippen LogP contribution in [0.4, 0.5) is 0 Å². The number of benzene rings is 1. The van der Waals surface area contributed by atoms with Crippen molar-refractivity contribution in [2.45, 2.75) is 38.9 Å². The first-order valence-electron chi connectivity index (χ1n) is 6.77. The summed E-state index contributed by atoms with van der Waals surface area (Å²) in [6, 6.07) is 5.67. The minimum absolute atomic E-state index is 0.230. The molecule has 0 aromatic heterocycles. The third kappa shape index (κ3) is 4.79. The van der Waals surface area contributed by atoms with E-state index >= 15 is 0 Å². The van der Waals surface area contributed by atoms with Crippen LogP contribution in [0.3, 0.4) is 0 Å². The van der Waals surface area contributed by atoms with E-state index in [9.17, 15) is 0 Å². The second-order valence-corrected chi connectivity index (χ2v) is 11.9. The predicted molar refractivity (Wildman–Crippen MR) is 89.3 cm³/mol. The Hall–Kier alpha value is -0.523. The summed E-state index contributed by atoms with van der Waals surface area (Å²) >= 11 is 3.47. The lowest BCUT2D eigenvalue weighted by molar-refractivity contribution is 0.202. The third-order valence-electron chi connectivity index (χ3n) is 3.75. The summed E-state index contributed by atoms with van der Waals surface area (Å²) < 4.78 is 17.9. The Morgan fingerprint density at radius 1 is 1.15 bits per heavy atom. The Morgan fingerprint density at radius 2 is 1.80 bits per heavy atom. The Kier molecular flexibility index (Phi) is 6.10. The van der Waals surface area contributed by atoms with Gasteiger partial charge < -0.3 is 13.9 Å². The van der Waals surface area contributed by atoms with Crippen LogP contribution in [0.5, 0.6) is 11.5 Å². The quantitative estimate of drug-likeness (QED) is 0.535. The fourth-order valence-electron chi connectivity index (χ4n) is 1.39. The van der Waals surface area contributed by atoms with Crippen LogP contribution in [0.2, 0.25) is 18.1 Å². The van der Waals surface area contributed by atoms with E-state index < -0.39 is 8.32 Å². The highest BCUT2D eigenvalue weighted by molar-refractivity contribution is 9.10. The minimum Gasteiger partial charge on any atom is -0.497 e. The predicted octanol–water partition coefficient (Wildman–Crippen LogP) is 4.86. The second kappa shape index (κ2) is 6.96. The van der Waals surface area contributed by atoms with Gasteiger partial charge in [0.05, 0.1) is 18.2 Å². The van der Waals surface area contributed by atoms with E-state index in [2.05, 4.69) is 49.8 Å². The molecule has 0 N–H and O–H groups in total. The second-order valence-electron chi connectivity index (χ2n) is 6.25. The van der Waals surface area contributed by atoms with E-state index in [0.29, 0.717) is 13.2 Å². The van der Waals surface area contributed by atoms with Crippen molar-refractivity contribution in [3.8, 4) is 11.5 Å². The van der Waals surface area contributed by atoms with E-state index in [4.69, 9.17) is 13.9 Å². The summed E-state index contributed by atoms with van der Waals surface area (Å²) in [5.74, 6) is 1.62. The lowest BCUT2D eigenvalue weighted by Crippen LogP contribution is -2.41. The molecule has 0 amide bonds. The molecular formula is C15H25BrO3Si. The van der Waals surface area contributed by atoms with E-state index in [1.807, 2.05) is 18.2 Å². The Labute approximate surface area is 131 Å². The van der Waals surface area contributed by atoms with Gasteiger partial charge in [0, 0.05) is 0 Å². The van der Waals surface area contributed by atoms with Crippen molar-refractivity contribution in [1.29, 1.82) is 0 Å². The minimum atomic E-state index is -1.68. The zero-order valence-corrected chi connectivity index (χ0v) is 15.8. The van der Waals surface area contributed by atoms with Gasteiger partial charge in [0.25, 0.3) is 0 Å². The summed E-state index contributed by atoms with van der Waals surface area (Å²) in [7, 11) is -0.0350. The molecule has 0 aliphatic heterocycles. The molecule has 0 radical (unpaired) electrons. The third-order valence-corrected chi connectivity index (χ3v) is 8.91. The average Bonchev–Trinajstić information content (AvgIpc) is 2.34. The topological polar surface area (TPSA) is 27.7 Å². The number of hydrogen-bond acceptors (Lipinski definition) is 3. The van der Waals surface area contributed by atoms with Crippen LogP contribution >= 0.6 is 15.9 Å².